The molecule has 0 N–H and O–H groups in total. The third-order valence-electron chi connectivity index (χ3n) is 10.1. The Morgan fingerprint density at radius 3 is 1.42 bits per heavy atom. The Labute approximate surface area is 306 Å². The van der Waals surface area contributed by atoms with Crippen LogP contribution in [0, 0.1) is 0 Å². The molecule has 0 fully saturated rings. The van der Waals surface area contributed by atoms with Crippen molar-refractivity contribution in [2.45, 2.75) is 126 Å². The Hall–Kier alpha value is -2.12. The smallest absolute Gasteiger partial charge is 0.0889 e. The summed E-state index contributed by atoms with van der Waals surface area (Å²) >= 11 is 7.90. The van der Waals surface area contributed by atoms with Crippen LogP contribution in [0.25, 0.3) is 21.2 Å². The standard InChI is InChI=1S/C42H52N2S4/c1-3-5-7-9-11-13-23-41(25-19-39(47-41)37-17-15-29-45-37)33-21-27-43-35(31-33)36-32-34(22-28-44-36)42(24-14-12-10-8-6-4-2)26-20-40(48-42)38-18-16-30-46-38/h15-22,27-32H,3-14,23-26H2,1-2H3. The minimum Gasteiger partial charge on any atom is -0.255 e. The number of thioether (sulfide) groups is 2. The Balaban J connectivity index is 1.24. The molecular formula is C42H52N2S4. The summed E-state index contributed by atoms with van der Waals surface area (Å²) in [7, 11) is 0. The molecule has 0 aromatic carbocycles. The monoisotopic (exact) mass is 712 g/mol. The van der Waals surface area contributed by atoms with Crippen molar-refractivity contribution in [2.75, 3.05) is 0 Å². The zero-order valence-corrected chi connectivity index (χ0v) is 32.2. The molecule has 6 rings (SSSR count). The van der Waals surface area contributed by atoms with Crippen LogP contribution in [0.5, 0.6) is 0 Å². The summed E-state index contributed by atoms with van der Waals surface area (Å²) in [5, 5.41) is 4.41. The van der Waals surface area contributed by atoms with E-state index in [1.165, 1.54) is 121 Å². The maximum Gasteiger partial charge on any atom is 0.0889 e. The van der Waals surface area contributed by atoms with Gasteiger partial charge in [0.1, 0.15) is 0 Å². The first-order chi connectivity index (χ1) is 23.6. The molecular weight excluding hydrogens is 661 g/mol. The molecule has 4 aromatic heterocycles. The SMILES string of the molecule is CCCCCCCCC1(c2ccnc(-c3cc(C4(CCCCCCCC)CC=C(c5cccs5)S4)ccn3)c2)CC=C(c2cccs2)S1. The summed E-state index contributed by atoms with van der Waals surface area (Å²) in [6.07, 6.45) is 29.5. The minimum atomic E-state index is 0.0548. The number of allylic oxidation sites excluding steroid dienone is 2. The summed E-state index contributed by atoms with van der Waals surface area (Å²) in [5.74, 6) is 0. The molecule has 6 heterocycles. The van der Waals surface area contributed by atoms with E-state index in [4.69, 9.17) is 9.97 Å². The zero-order chi connectivity index (χ0) is 33.1. The van der Waals surface area contributed by atoms with Gasteiger partial charge in [0.2, 0.25) is 0 Å². The summed E-state index contributed by atoms with van der Waals surface area (Å²) in [6.45, 7) is 4.60. The molecule has 0 aliphatic carbocycles. The molecule has 0 bridgehead atoms. The number of thiophene rings is 2. The normalized spacial score (nSPS) is 20.7. The molecule has 2 aliphatic rings. The lowest BCUT2D eigenvalue weighted by atomic mass is 9.87. The van der Waals surface area contributed by atoms with Crippen LogP contribution in [-0.2, 0) is 9.49 Å². The third kappa shape index (κ3) is 8.78. The fraction of sp³-hybridized carbons (Fsp3) is 0.476. The maximum atomic E-state index is 4.96. The van der Waals surface area contributed by atoms with Gasteiger partial charge >= 0.3 is 0 Å². The Kier molecular flexibility index (Phi) is 13.2. The molecule has 254 valence electrons. The van der Waals surface area contributed by atoms with Crippen molar-refractivity contribution >= 4 is 56.0 Å². The fourth-order valence-corrected chi connectivity index (χ4v) is 12.0. The second-order valence-electron chi connectivity index (χ2n) is 13.6. The van der Waals surface area contributed by atoms with E-state index in [0.29, 0.717) is 0 Å². The van der Waals surface area contributed by atoms with Crippen LogP contribution in [0.1, 0.15) is 137 Å². The van der Waals surface area contributed by atoms with Crippen molar-refractivity contribution in [3.63, 3.8) is 0 Å². The molecule has 4 aromatic rings. The highest BCUT2D eigenvalue weighted by atomic mass is 32.2. The first-order valence-electron chi connectivity index (χ1n) is 18.4. The van der Waals surface area contributed by atoms with Gasteiger partial charge in [-0.2, -0.15) is 0 Å². The number of unbranched alkanes of at least 4 members (excludes halogenated alkanes) is 10. The van der Waals surface area contributed by atoms with Gasteiger partial charge in [0, 0.05) is 41.5 Å². The fourth-order valence-electron chi connectivity index (χ4n) is 7.28. The van der Waals surface area contributed by atoms with Crippen LogP contribution in [0.2, 0.25) is 0 Å². The average Bonchev–Trinajstić information content (AvgIpc) is 3.96. The molecule has 0 saturated carbocycles. The summed E-state index contributed by atoms with van der Waals surface area (Å²) in [5.41, 5.74) is 4.82. The molecule has 0 saturated heterocycles. The molecule has 48 heavy (non-hydrogen) atoms. The van der Waals surface area contributed by atoms with Gasteiger partial charge in [-0.05, 0) is 84.0 Å². The summed E-state index contributed by atoms with van der Waals surface area (Å²) < 4.78 is 0.110. The van der Waals surface area contributed by atoms with Crippen molar-refractivity contribution in [3.05, 3.63) is 105 Å². The van der Waals surface area contributed by atoms with E-state index in [0.717, 1.165) is 24.2 Å². The van der Waals surface area contributed by atoms with Crippen LogP contribution >= 0.6 is 46.2 Å². The van der Waals surface area contributed by atoms with Gasteiger partial charge in [0.15, 0.2) is 0 Å². The predicted molar refractivity (Wildman–Crippen MR) is 216 cm³/mol. The Morgan fingerprint density at radius 1 is 0.562 bits per heavy atom. The van der Waals surface area contributed by atoms with Gasteiger partial charge in [-0.3, -0.25) is 9.97 Å². The number of pyridine rings is 2. The van der Waals surface area contributed by atoms with Crippen LogP contribution in [0.4, 0.5) is 0 Å². The van der Waals surface area contributed by atoms with E-state index in [1.807, 2.05) is 35.1 Å². The number of nitrogens with zero attached hydrogens (tertiary/aromatic N) is 2. The molecule has 0 spiro atoms. The Morgan fingerprint density at radius 2 is 1.00 bits per heavy atom. The third-order valence-corrected chi connectivity index (χ3v) is 15.3. The highest BCUT2D eigenvalue weighted by Crippen LogP contribution is 2.58. The van der Waals surface area contributed by atoms with Gasteiger partial charge in [-0.15, -0.1) is 46.2 Å². The molecule has 2 unspecified atom stereocenters. The van der Waals surface area contributed by atoms with Gasteiger partial charge in [0.05, 0.1) is 11.4 Å². The second-order valence-corrected chi connectivity index (χ2v) is 18.3. The van der Waals surface area contributed by atoms with Crippen molar-refractivity contribution in [3.8, 4) is 11.4 Å². The van der Waals surface area contributed by atoms with E-state index in [2.05, 4.69) is 109 Å². The number of hydrogen-bond donors (Lipinski definition) is 0. The van der Waals surface area contributed by atoms with Crippen LogP contribution in [0.15, 0.2) is 83.8 Å². The van der Waals surface area contributed by atoms with E-state index in [-0.39, 0.29) is 9.49 Å². The van der Waals surface area contributed by atoms with E-state index in [1.54, 1.807) is 0 Å². The highest BCUT2D eigenvalue weighted by molar-refractivity contribution is 8.10. The van der Waals surface area contributed by atoms with E-state index < -0.39 is 0 Å². The number of aromatic nitrogens is 2. The highest BCUT2D eigenvalue weighted by Gasteiger charge is 2.39. The second kappa shape index (κ2) is 17.7. The molecule has 0 radical (unpaired) electrons. The van der Waals surface area contributed by atoms with Gasteiger partial charge in [-0.1, -0.05) is 115 Å². The van der Waals surface area contributed by atoms with Crippen molar-refractivity contribution in [1.29, 1.82) is 0 Å². The van der Waals surface area contributed by atoms with Crippen LogP contribution in [-0.4, -0.2) is 9.97 Å². The predicted octanol–water partition coefficient (Wildman–Crippen LogP) is 14.5. The number of rotatable bonds is 19. The first kappa shape index (κ1) is 35.7. The quantitative estimate of drug-likeness (QED) is 0.0904. The van der Waals surface area contributed by atoms with Gasteiger partial charge < -0.3 is 0 Å². The molecule has 2 atom stereocenters. The van der Waals surface area contributed by atoms with Gasteiger partial charge in [0.25, 0.3) is 0 Å². The molecule has 2 aliphatic heterocycles. The summed E-state index contributed by atoms with van der Waals surface area (Å²) in [6, 6.07) is 18.2. The van der Waals surface area contributed by atoms with Crippen molar-refractivity contribution in [1.82, 2.24) is 9.97 Å². The lowest BCUT2D eigenvalue weighted by Crippen LogP contribution is -2.20. The van der Waals surface area contributed by atoms with Gasteiger partial charge in [-0.25, -0.2) is 0 Å². The minimum absolute atomic E-state index is 0.0548. The molecule has 0 amide bonds. The van der Waals surface area contributed by atoms with Crippen molar-refractivity contribution < 1.29 is 0 Å². The largest absolute Gasteiger partial charge is 0.255 e. The van der Waals surface area contributed by atoms with Crippen LogP contribution in [0.3, 0.4) is 0 Å². The zero-order valence-electron chi connectivity index (χ0n) is 28.9. The molecule has 2 nitrogen and oxygen atoms in total. The first-order valence-corrected chi connectivity index (χ1v) is 21.8. The molecule has 6 heteroatoms. The summed E-state index contributed by atoms with van der Waals surface area (Å²) in [4.78, 5) is 15.6. The Bertz CT molecular complexity index is 1500. The lowest BCUT2D eigenvalue weighted by molar-refractivity contribution is 0.513. The average molecular weight is 713 g/mol. The van der Waals surface area contributed by atoms with Crippen LogP contribution < -0.4 is 0 Å². The maximum absolute atomic E-state index is 4.96. The van der Waals surface area contributed by atoms with Crippen molar-refractivity contribution in [2.24, 2.45) is 0 Å². The van der Waals surface area contributed by atoms with E-state index in [9.17, 15) is 0 Å². The topological polar surface area (TPSA) is 25.8 Å². The number of hydrogen-bond acceptors (Lipinski definition) is 6. The van der Waals surface area contributed by atoms with E-state index >= 15 is 0 Å². The lowest BCUT2D eigenvalue weighted by Gasteiger charge is -2.31.